The Bertz CT molecular complexity index is 1290. The van der Waals surface area contributed by atoms with Crippen molar-refractivity contribution in [3.8, 4) is 22.9 Å². The van der Waals surface area contributed by atoms with Crippen LogP contribution >= 0.6 is 11.6 Å². The highest BCUT2D eigenvalue weighted by molar-refractivity contribution is 6.20. The SMILES string of the molecule is C[C@@H]1CCN(c2ncc(C(=O)Nc3ccc(OC(F)(F)Cl)cc3)cc2-c2cc(F)ccc2C#N)C1. The smallest absolute Gasteiger partial charge is 0.420 e. The number of amides is 1. The van der Waals surface area contributed by atoms with Crippen LogP contribution in [0.3, 0.4) is 0 Å². The summed E-state index contributed by atoms with van der Waals surface area (Å²) in [6.45, 7) is 3.62. The topological polar surface area (TPSA) is 78.2 Å². The summed E-state index contributed by atoms with van der Waals surface area (Å²) in [7, 11) is 0. The van der Waals surface area contributed by atoms with Crippen molar-refractivity contribution < 1.29 is 22.7 Å². The number of hydrogen-bond donors (Lipinski definition) is 1. The quantitative estimate of drug-likeness (QED) is 0.418. The molecular formula is C25H20ClF3N4O2. The van der Waals surface area contributed by atoms with Gasteiger partial charge in [0.05, 0.1) is 17.2 Å². The van der Waals surface area contributed by atoms with E-state index >= 15 is 0 Å². The van der Waals surface area contributed by atoms with E-state index < -0.39 is 17.3 Å². The molecule has 4 rings (SSSR count). The summed E-state index contributed by atoms with van der Waals surface area (Å²) in [5.41, 5.74) is -2.28. The molecule has 1 amide bonds. The lowest BCUT2D eigenvalue weighted by atomic mass is 9.98. The molecule has 35 heavy (non-hydrogen) atoms. The molecular weight excluding hydrogens is 481 g/mol. The van der Waals surface area contributed by atoms with Crippen LogP contribution < -0.4 is 15.0 Å². The summed E-state index contributed by atoms with van der Waals surface area (Å²) < 4.78 is 44.0. The fourth-order valence-corrected chi connectivity index (χ4v) is 4.03. The van der Waals surface area contributed by atoms with Crippen LogP contribution in [0.25, 0.3) is 11.1 Å². The highest BCUT2D eigenvalue weighted by Gasteiger charge is 2.28. The van der Waals surface area contributed by atoms with Crippen molar-refractivity contribution in [1.29, 1.82) is 5.26 Å². The van der Waals surface area contributed by atoms with Crippen molar-refractivity contribution in [2.75, 3.05) is 23.3 Å². The van der Waals surface area contributed by atoms with E-state index in [1.807, 2.05) is 0 Å². The summed E-state index contributed by atoms with van der Waals surface area (Å²) in [6.07, 6.45) is 2.38. The standard InChI is InChI=1S/C25H20ClF3N4O2/c1-15-8-9-33(14-15)23-22(21-11-18(27)3-2-16(21)12-30)10-17(13-31-23)24(34)32-19-4-6-20(7-5-19)35-25(26,28)29/h2-7,10-11,13,15H,8-9,14H2,1H3,(H,32,34)/t15-/m1/s1. The Morgan fingerprint density at radius 3 is 2.60 bits per heavy atom. The number of carbonyl (C=O) groups excluding carboxylic acids is 1. The van der Waals surface area contributed by atoms with Crippen LogP contribution in [-0.2, 0) is 0 Å². The number of nitrogens with one attached hydrogen (secondary N) is 1. The second-order valence-corrected chi connectivity index (χ2v) is 8.70. The molecule has 0 unspecified atom stereocenters. The van der Waals surface area contributed by atoms with Gasteiger partial charge in [-0.1, -0.05) is 6.92 Å². The van der Waals surface area contributed by atoms with Crippen molar-refractivity contribution in [2.24, 2.45) is 5.92 Å². The van der Waals surface area contributed by atoms with Crippen LogP contribution in [0.5, 0.6) is 5.75 Å². The Labute approximate surface area is 204 Å². The number of carbonyl (C=O) groups is 1. The normalized spacial score (nSPS) is 15.5. The van der Waals surface area contributed by atoms with E-state index in [4.69, 9.17) is 11.6 Å². The number of nitriles is 1. The average molecular weight is 501 g/mol. The molecule has 180 valence electrons. The molecule has 0 aliphatic carbocycles. The van der Waals surface area contributed by atoms with Crippen LogP contribution in [0.4, 0.5) is 24.7 Å². The molecule has 10 heteroatoms. The number of halogens is 4. The van der Waals surface area contributed by atoms with Crippen molar-refractivity contribution in [2.45, 2.75) is 18.9 Å². The van der Waals surface area contributed by atoms with Gasteiger partial charge in [-0.3, -0.25) is 4.79 Å². The van der Waals surface area contributed by atoms with Crippen molar-refractivity contribution in [3.63, 3.8) is 0 Å². The van der Waals surface area contributed by atoms with Crippen molar-refractivity contribution in [3.05, 3.63) is 71.7 Å². The largest absolute Gasteiger partial charge is 0.487 e. The third kappa shape index (κ3) is 5.84. The van der Waals surface area contributed by atoms with Crippen LogP contribution in [0, 0.1) is 23.1 Å². The van der Waals surface area contributed by atoms with E-state index in [9.17, 15) is 23.2 Å². The Kier molecular flexibility index (Phi) is 6.85. The number of alkyl halides is 3. The van der Waals surface area contributed by atoms with Gasteiger partial charge in [0.15, 0.2) is 0 Å². The number of anilines is 2. The van der Waals surface area contributed by atoms with Crippen molar-refractivity contribution >= 4 is 29.0 Å². The molecule has 1 aliphatic rings. The first kappa shape index (κ1) is 24.4. The molecule has 1 aromatic heterocycles. The molecule has 0 spiro atoms. The molecule has 0 bridgehead atoms. The second kappa shape index (κ2) is 9.84. The van der Waals surface area contributed by atoms with Gasteiger partial charge in [-0.25, -0.2) is 9.37 Å². The molecule has 1 aliphatic heterocycles. The predicted octanol–water partition coefficient (Wildman–Crippen LogP) is 6.03. The Balaban J connectivity index is 1.66. The van der Waals surface area contributed by atoms with Gasteiger partial charge in [0.1, 0.15) is 17.4 Å². The molecule has 1 fully saturated rings. The molecule has 2 heterocycles. The second-order valence-electron chi connectivity index (χ2n) is 8.26. The first-order chi connectivity index (χ1) is 16.6. The average Bonchev–Trinajstić information content (AvgIpc) is 3.25. The van der Waals surface area contributed by atoms with E-state index in [-0.39, 0.29) is 16.9 Å². The number of hydrogen-bond acceptors (Lipinski definition) is 5. The van der Waals surface area contributed by atoms with Gasteiger partial charge in [0.25, 0.3) is 5.91 Å². The summed E-state index contributed by atoms with van der Waals surface area (Å²) in [5, 5.41) is 12.2. The minimum absolute atomic E-state index is 0.175. The number of benzene rings is 2. The molecule has 1 saturated heterocycles. The zero-order valence-corrected chi connectivity index (χ0v) is 19.3. The first-order valence-electron chi connectivity index (χ1n) is 10.7. The molecule has 2 aromatic carbocycles. The summed E-state index contributed by atoms with van der Waals surface area (Å²) in [5.74, 6) is -0.199. The number of pyridine rings is 1. The van der Waals surface area contributed by atoms with Gasteiger partial charge in [-0.2, -0.15) is 5.26 Å². The summed E-state index contributed by atoms with van der Waals surface area (Å²) >= 11 is 4.76. The van der Waals surface area contributed by atoms with Gasteiger partial charge in [0, 0.05) is 47.7 Å². The van der Waals surface area contributed by atoms with E-state index in [1.54, 1.807) is 6.07 Å². The molecule has 1 atom stereocenters. The van der Waals surface area contributed by atoms with Gasteiger partial charge in [-0.15, -0.1) is 8.78 Å². The fraction of sp³-hybridized carbons (Fsp3) is 0.240. The number of rotatable bonds is 6. The number of nitrogens with zero attached hydrogens (tertiary/aromatic N) is 3. The Hall–Kier alpha value is -3.77. The summed E-state index contributed by atoms with van der Waals surface area (Å²) in [6, 6.07) is 12.7. The zero-order valence-electron chi connectivity index (χ0n) is 18.6. The molecule has 3 aromatic rings. The molecule has 0 saturated carbocycles. The lowest BCUT2D eigenvalue weighted by Gasteiger charge is -2.22. The third-order valence-corrected chi connectivity index (χ3v) is 5.67. The first-order valence-corrected chi connectivity index (χ1v) is 11.1. The van der Waals surface area contributed by atoms with Gasteiger partial charge in [0.2, 0.25) is 0 Å². The van der Waals surface area contributed by atoms with Crippen molar-refractivity contribution in [1.82, 2.24) is 4.98 Å². The van der Waals surface area contributed by atoms with E-state index in [2.05, 4.69) is 32.9 Å². The minimum atomic E-state index is -3.85. The van der Waals surface area contributed by atoms with E-state index in [0.29, 0.717) is 28.6 Å². The summed E-state index contributed by atoms with van der Waals surface area (Å²) in [4.78, 5) is 19.5. The maximum atomic E-state index is 14.1. The lowest BCUT2D eigenvalue weighted by molar-refractivity contribution is -0.0964. The Morgan fingerprint density at radius 2 is 1.97 bits per heavy atom. The predicted molar refractivity (Wildman–Crippen MR) is 126 cm³/mol. The minimum Gasteiger partial charge on any atom is -0.420 e. The monoisotopic (exact) mass is 500 g/mol. The third-order valence-electron chi connectivity index (χ3n) is 5.59. The van der Waals surface area contributed by atoms with Gasteiger partial charge < -0.3 is 15.0 Å². The highest BCUT2D eigenvalue weighted by Crippen LogP contribution is 2.35. The number of aromatic nitrogens is 1. The van der Waals surface area contributed by atoms with Crippen LogP contribution in [0.2, 0.25) is 0 Å². The van der Waals surface area contributed by atoms with E-state index in [1.165, 1.54) is 48.7 Å². The fourth-order valence-electron chi connectivity index (χ4n) is 3.94. The van der Waals surface area contributed by atoms with Crippen LogP contribution in [-0.4, -0.2) is 29.5 Å². The zero-order chi connectivity index (χ0) is 25.2. The van der Waals surface area contributed by atoms with Crippen LogP contribution in [0.15, 0.2) is 54.7 Å². The van der Waals surface area contributed by atoms with Gasteiger partial charge >= 0.3 is 5.57 Å². The van der Waals surface area contributed by atoms with Gasteiger partial charge in [-0.05, 0) is 60.9 Å². The van der Waals surface area contributed by atoms with E-state index in [0.717, 1.165) is 19.5 Å². The molecule has 6 nitrogen and oxygen atoms in total. The maximum Gasteiger partial charge on any atom is 0.487 e. The Morgan fingerprint density at radius 1 is 1.23 bits per heavy atom. The molecule has 0 radical (unpaired) electrons. The lowest BCUT2D eigenvalue weighted by Crippen LogP contribution is -2.22. The maximum absolute atomic E-state index is 14.1. The molecule has 1 N–H and O–H groups in total. The number of ether oxygens (including phenoxy) is 1. The highest BCUT2D eigenvalue weighted by atomic mass is 35.5. The van der Waals surface area contributed by atoms with Crippen LogP contribution in [0.1, 0.15) is 29.3 Å².